The molecule has 1 N–H and O–H groups in total. The van der Waals surface area contributed by atoms with Crippen LogP contribution in [0.4, 0.5) is 0 Å². The Kier molecular flexibility index (Phi) is 5.96. The molecule has 1 aromatic rings. The van der Waals surface area contributed by atoms with Gasteiger partial charge in [0.15, 0.2) is 0 Å². The maximum Gasteiger partial charge on any atom is 0.330 e. The number of methoxy groups -OCH3 is 1. The van der Waals surface area contributed by atoms with Gasteiger partial charge in [-0.25, -0.2) is 4.79 Å². The Labute approximate surface area is 96.1 Å². The largest absolute Gasteiger partial charge is 0.466 e. The van der Waals surface area contributed by atoms with Crippen molar-refractivity contribution >= 4 is 5.97 Å². The summed E-state index contributed by atoms with van der Waals surface area (Å²) in [6, 6.07) is 10.3. The predicted molar refractivity (Wildman–Crippen MR) is 64.2 cm³/mol. The van der Waals surface area contributed by atoms with Crippen LogP contribution in [0.15, 0.2) is 42.5 Å². The smallest absolute Gasteiger partial charge is 0.330 e. The lowest BCUT2D eigenvalue weighted by Gasteiger charge is -2.01. The standard InChI is InChI=1S/C13H17NO2/c1-16-13(15)8-5-10-14-11-9-12-6-3-2-4-7-12/h2-8,14H,9-11H2,1H3. The third kappa shape index (κ3) is 5.32. The highest BCUT2D eigenvalue weighted by Gasteiger charge is 1.91. The van der Waals surface area contributed by atoms with E-state index in [1.165, 1.54) is 18.7 Å². The van der Waals surface area contributed by atoms with Gasteiger partial charge in [-0.2, -0.15) is 0 Å². The van der Waals surface area contributed by atoms with Gasteiger partial charge in [0, 0.05) is 12.6 Å². The third-order valence-electron chi connectivity index (χ3n) is 2.15. The van der Waals surface area contributed by atoms with Gasteiger partial charge in [-0.15, -0.1) is 0 Å². The normalized spacial score (nSPS) is 10.6. The SMILES string of the molecule is COC(=O)C=CCNCCc1ccccc1. The van der Waals surface area contributed by atoms with Crippen molar-refractivity contribution in [1.82, 2.24) is 5.32 Å². The first-order valence-corrected chi connectivity index (χ1v) is 5.32. The summed E-state index contributed by atoms with van der Waals surface area (Å²) >= 11 is 0. The van der Waals surface area contributed by atoms with E-state index in [4.69, 9.17) is 0 Å². The van der Waals surface area contributed by atoms with Crippen LogP contribution in [0.25, 0.3) is 0 Å². The van der Waals surface area contributed by atoms with E-state index >= 15 is 0 Å². The van der Waals surface area contributed by atoms with E-state index in [0.29, 0.717) is 6.54 Å². The minimum absolute atomic E-state index is 0.315. The molecule has 0 aromatic heterocycles. The molecule has 0 aliphatic rings. The van der Waals surface area contributed by atoms with Crippen LogP contribution >= 0.6 is 0 Å². The molecule has 16 heavy (non-hydrogen) atoms. The van der Waals surface area contributed by atoms with Gasteiger partial charge in [-0.1, -0.05) is 36.4 Å². The molecule has 0 fully saturated rings. The molecule has 0 unspecified atom stereocenters. The molecule has 86 valence electrons. The maximum absolute atomic E-state index is 10.7. The summed E-state index contributed by atoms with van der Waals surface area (Å²) < 4.78 is 4.47. The monoisotopic (exact) mass is 219 g/mol. The van der Waals surface area contributed by atoms with Crippen LogP contribution in [0.5, 0.6) is 0 Å². The van der Waals surface area contributed by atoms with Crippen molar-refractivity contribution in [2.45, 2.75) is 6.42 Å². The summed E-state index contributed by atoms with van der Waals surface area (Å²) in [4.78, 5) is 10.7. The Bertz CT molecular complexity index is 333. The average Bonchev–Trinajstić information content (AvgIpc) is 2.34. The third-order valence-corrected chi connectivity index (χ3v) is 2.15. The minimum atomic E-state index is -0.315. The van der Waals surface area contributed by atoms with Crippen molar-refractivity contribution in [2.24, 2.45) is 0 Å². The van der Waals surface area contributed by atoms with E-state index in [2.05, 4.69) is 22.2 Å². The second kappa shape index (κ2) is 7.65. The minimum Gasteiger partial charge on any atom is -0.466 e. The molecule has 1 rings (SSSR count). The second-order valence-corrected chi connectivity index (χ2v) is 3.37. The fraction of sp³-hybridized carbons (Fsp3) is 0.308. The van der Waals surface area contributed by atoms with Crippen LogP contribution in [-0.2, 0) is 16.0 Å². The predicted octanol–water partition coefficient (Wildman–Crippen LogP) is 1.55. The number of rotatable bonds is 6. The zero-order valence-electron chi connectivity index (χ0n) is 9.48. The molecule has 0 saturated heterocycles. The lowest BCUT2D eigenvalue weighted by atomic mass is 10.1. The van der Waals surface area contributed by atoms with Gasteiger partial charge in [0.1, 0.15) is 0 Å². The van der Waals surface area contributed by atoms with E-state index in [1.54, 1.807) is 6.08 Å². The Morgan fingerprint density at radius 3 is 2.81 bits per heavy atom. The summed E-state index contributed by atoms with van der Waals surface area (Å²) in [5.41, 5.74) is 1.31. The molecule has 3 heteroatoms. The molecule has 0 radical (unpaired) electrons. The van der Waals surface area contributed by atoms with Crippen LogP contribution < -0.4 is 5.32 Å². The zero-order chi connectivity index (χ0) is 11.6. The summed E-state index contributed by atoms with van der Waals surface area (Å²) in [6.07, 6.45) is 4.18. The summed E-state index contributed by atoms with van der Waals surface area (Å²) in [5, 5.41) is 3.22. The molecule has 0 spiro atoms. The molecular weight excluding hydrogens is 202 g/mol. The number of hydrogen-bond donors (Lipinski definition) is 1. The molecular formula is C13H17NO2. The number of ether oxygens (including phenoxy) is 1. The Balaban J connectivity index is 2.09. The molecule has 3 nitrogen and oxygen atoms in total. The van der Waals surface area contributed by atoms with Crippen LogP contribution in [0.3, 0.4) is 0 Å². The van der Waals surface area contributed by atoms with E-state index in [9.17, 15) is 4.79 Å². The highest BCUT2D eigenvalue weighted by atomic mass is 16.5. The number of esters is 1. The van der Waals surface area contributed by atoms with Gasteiger partial charge in [0.25, 0.3) is 0 Å². The van der Waals surface area contributed by atoms with Crippen LogP contribution in [0.1, 0.15) is 5.56 Å². The maximum atomic E-state index is 10.7. The van der Waals surface area contributed by atoms with Crippen molar-refractivity contribution in [3.05, 3.63) is 48.0 Å². The first-order valence-electron chi connectivity index (χ1n) is 5.32. The number of nitrogens with one attached hydrogen (secondary N) is 1. The number of carbonyl (C=O) groups excluding carboxylic acids is 1. The van der Waals surface area contributed by atoms with Gasteiger partial charge in [-0.05, 0) is 18.5 Å². The molecule has 0 heterocycles. The van der Waals surface area contributed by atoms with Gasteiger partial charge in [-0.3, -0.25) is 0 Å². The fourth-order valence-electron chi connectivity index (χ4n) is 1.29. The first kappa shape index (κ1) is 12.5. The van der Waals surface area contributed by atoms with Crippen LogP contribution in [-0.4, -0.2) is 26.2 Å². The summed E-state index contributed by atoms with van der Waals surface area (Å²) in [5.74, 6) is -0.315. The van der Waals surface area contributed by atoms with Gasteiger partial charge >= 0.3 is 5.97 Å². The molecule has 0 aliphatic heterocycles. The van der Waals surface area contributed by atoms with Crippen molar-refractivity contribution < 1.29 is 9.53 Å². The molecule has 0 atom stereocenters. The second-order valence-electron chi connectivity index (χ2n) is 3.37. The summed E-state index contributed by atoms with van der Waals surface area (Å²) in [6.45, 7) is 1.58. The van der Waals surface area contributed by atoms with E-state index in [0.717, 1.165) is 13.0 Å². The van der Waals surface area contributed by atoms with Crippen molar-refractivity contribution in [2.75, 3.05) is 20.2 Å². The van der Waals surface area contributed by atoms with E-state index in [1.807, 2.05) is 18.2 Å². The molecule has 0 saturated carbocycles. The van der Waals surface area contributed by atoms with Gasteiger partial charge < -0.3 is 10.1 Å². The lowest BCUT2D eigenvalue weighted by molar-refractivity contribution is -0.134. The van der Waals surface area contributed by atoms with Crippen LogP contribution in [0.2, 0.25) is 0 Å². The highest BCUT2D eigenvalue weighted by molar-refractivity contribution is 5.81. The summed E-state index contributed by atoms with van der Waals surface area (Å²) in [7, 11) is 1.37. The fourth-order valence-corrected chi connectivity index (χ4v) is 1.29. The molecule has 1 aromatic carbocycles. The Morgan fingerprint density at radius 1 is 1.38 bits per heavy atom. The zero-order valence-corrected chi connectivity index (χ0v) is 9.48. The highest BCUT2D eigenvalue weighted by Crippen LogP contribution is 1.97. The van der Waals surface area contributed by atoms with Crippen molar-refractivity contribution in [3.63, 3.8) is 0 Å². The van der Waals surface area contributed by atoms with E-state index in [-0.39, 0.29) is 5.97 Å². The molecule has 0 aliphatic carbocycles. The number of carbonyl (C=O) groups is 1. The van der Waals surface area contributed by atoms with Gasteiger partial charge in [0.2, 0.25) is 0 Å². The quantitative estimate of drug-likeness (QED) is 0.448. The van der Waals surface area contributed by atoms with Crippen molar-refractivity contribution in [1.29, 1.82) is 0 Å². The lowest BCUT2D eigenvalue weighted by Crippen LogP contribution is -2.17. The van der Waals surface area contributed by atoms with Crippen molar-refractivity contribution in [3.8, 4) is 0 Å². The first-order chi connectivity index (χ1) is 7.83. The average molecular weight is 219 g/mol. The Morgan fingerprint density at radius 2 is 2.12 bits per heavy atom. The molecule has 0 bridgehead atoms. The van der Waals surface area contributed by atoms with Crippen LogP contribution in [0, 0.1) is 0 Å². The topological polar surface area (TPSA) is 38.3 Å². The number of hydrogen-bond acceptors (Lipinski definition) is 3. The molecule has 0 amide bonds. The Hall–Kier alpha value is -1.61. The van der Waals surface area contributed by atoms with E-state index < -0.39 is 0 Å². The van der Waals surface area contributed by atoms with Gasteiger partial charge in [0.05, 0.1) is 7.11 Å². The number of benzene rings is 1.